The highest BCUT2D eigenvalue weighted by Crippen LogP contribution is 2.32. The quantitative estimate of drug-likeness (QED) is 0.793. The standard InChI is InChI=1S/C14H21NO2/c1-16-10-11-17-14-5-3-2-4-13(14)12-6-8-15-9-7-12/h2-5,12,15H,6-11H2,1H3. The Labute approximate surface area is 103 Å². The van der Waals surface area contributed by atoms with E-state index in [1.165, 1.54) is 18.4 Å². The third-order valence-electron chi connectivity index (χ3n) is 3.24. The fourth-order valence-electron chi connectivity index (χ4n) is 2.32. The lowest BCUT2D eigenvalue weighted by Crippen LogP contribution is -2.26. The number of methoxy groups -OCH3 is 1. The Kier molecular flexibility index (Phi) is 4.83. The summed E-state index contributed by atoms with van der Waals surface area (Å²) in [6.45, 7) is 3.48. The first-order valence-electron chi connectivity index (χ1n) is 6.33. The lowest BCUT2D eigenvalue weighted by Gasteiger charge is -2.24. The third kappa shape index (κ3) is 3.45. The summed E-state index contributed by atoms with van der Waals surface area (Å²) >= 11 is 0. The van der Waals surface area contributed by atoms with Gasteiger partial charge in [-0.15, -0.1) is 0 Å². The molecule has 0 spiro atoms. The molecule has 2 rings (SSSR count). The minimum atomic E-state index is 0.623. The molecule has 0 atom stereocenters. The van der Waals surface area contributed by atoms with Crippen molar-refractivity contribution in [3.05, 3.63) is 29.8 Å². The molecule has 1 aliphatic heterocycles. The molecule has 0 radical (unpaired) electrons. The molecule has 1 fully saturated rings. The van der Waals surface area contributed by atoms with Gasteiger partial charge in [0.2, 0.25) is 0 Å². The molecular weight excluding hydrogens is 214 g/mol. The van der Waals surface area contributed by atoms with Gasteiger partial charge in [0, 0.05) is 7.11 Å². The molecule has 1 heterocycles. The monoisotopic (exact) mass is 235 g/mol. The van der Waals surface area contributed by atoms with E-state index in [2.05, 4.69) is 23.5 Å². The molecule has 0 aromatic heterocycles. The van der Waals surface area contributed by atoms with E-state index in [0.29, 0.717) is 19.1 Å². The van der Waals surface area contributed by atoms with Gasteiger partial charge in [-0.05, 0) is 43.5 Å². The summed E-state index contributed by atoms with van der Waals surface area (Å²) in [5.41, 5.74) is 1.35. The van der Waals surface area contributed by atoms with Crippen LogP contribution in [0.4, 0.5) is 0 Å². The number of rotatable bonds is 5. The van der Waals surface area contributed by atoms with E-state index in [-0.39, 0.29) is 0 Å². The zero-order valence-electron chi connectivity index (χ0n) is 10.4. The Balaban J connectivity index is 2.03. The number of hydrogen-bond donors (Lipinski definition) is 1. The van der Waals surface area contributed by atoms with E-state index in [0.717, 1.165) is 18.8 Å². The molecular formula is C14H21NO2. The Morgan fingerprint density at radius 3 is 2.71 bits per heavy atom. The van der Waals surface area contributed by atoms with Gasteiger partial charge in [0.1, 0.15) is 12.4 Å². The maximum absolute atomic E-state index is 5.79. The van der Waals surface area contributed by atoms with Crippen LogP contribution in [0, 0.1) is 0 Å². The van der Waals surface area contributed by atoms with Gasteiger partial charge in [-0.2, -0.15) is 0 Å². The summed E-state index contributed by atoms with van der Waals surface area (Å²) in [6.07, 6.45) is 2.40. The number of nitrogens with one attached hydrogen (secondary N) is 1. The van der Waals surface area contributed by atoms with Crippen LogP contribution in [0.2, 0.25) is 0 Å². The summed E-state index contributed by atoms with van der Waals surface area (Å²) in [7, 11) is 1.70. The summed E-state index contributed by atoms with van der Waals surface area (Å²) in [5.74, 6) is 1.66. The van der Waals surface area contributed by atoms with Crippen LogP contribution in [-0.4, -0.2) is 33.4 Å². The number of hydrogen-bond acceptors (Lipinski definition) is 3. The van der Waals surface area contributed by atoms with Crippen LogP contribution in [0.1, 0.15) is 24.3 Å². The third-order valence-corrected chi connectivity index (χ3v) is 3.24. The minimum absolute atomic E-state index is 0.623. The minimum Gasteiger partial charge on any atom is -0.491 e. The van der Waals surface area contributed by atoms with Gasteiger partial charge in [0.25, 0.3) is 0 Å². The first-order chi connectivity index (χ1) is 8.42. The number of para-hydroxylation sites is 1. The van der Waals surface area contributed by atoms with Crippen LogP contribution in [0.15, 0.2) is 24.3 Å². The SMILES string of the molecule is COCCOc1ccccc1C1CCNCC1. The van der Waals surface area contributed by atoms with Crippen LogP contribution >= 0.6 is 0 Å². The smallest absolute Gasteiger partial charge is 0.122 e. The highest BCUT2D eigenvalue weighted by Gasteiger charge is 2.18. The van der Waals surface area contributed by atoms with Gasteiger partial charge < -0.3 is 14.8 Å². The van der Waals surface area contributed by atoms with Gasteiger partial charge >= 0.3 is 0 Å². The second-order valence-corrected chi connectivity index (χ2v) is 4.40. The zero-order chi connectivity index (χ0) is 11.9. The maximum Gasteiger partial charge on any atom is 0.122 e. The van der Waals surface area contributed by atoms with Gasteiger partial charge in [0.05, 0.1) is 6.61 Å². The van der Waals surface area contributed by atoms with Crippen LogP contribution in [-0.2, 0) is 4.74 Å². The van der Waals surface area contributed by atoms with E-state index in [1.54, 1.807) is 7.11 Å². The van der Waals surface area contributed by atoms with E-state index in [4.69, 9.17) is 9.47 Å². The molecule has 3 nitrogen and oxygen atoms in total. The van der Waals surface area contributed by atoms with Gasteiger partial charge in [-0.1, -0.05) is 18.2 Å². The predicted octanol–water partition coefficient (Wildman–Crippen LogP) is 2.18. The zero-order valence-corrected chi connectivity index (χ0v) is 10.4. The van der Waals surface area contributed by atoms with Crippen molar-refractivity contribution < 1.29 is 9.47 Å². The average Bonchev–Trinajstić information content (AvgIpc) is 2.41. The van der Waals surface area contributed by atoms with E-state index in [9.17, 15) is 0 Å². The second kappa shape index (κ2) is 6.62. The predicted molar refractivity (Wildman–Crippen MR) is 68.7 cm³/mol. The highest BCUT2D eigenvalue weighted by molar-refractivity contribution is 5.36. The van der Waals surface area contributed by atoms with Gasteiger partial charge in [0.15, 0.2) is 0 Å². The molecule has 1 N–H and O–H groups in total. The van der Waals surface area contributed by atoms with E-state index >= 15 is 0 Å². The molecule has 1 aromatic rings. The molecule has 0 amide bonds. The molecule has 17 heavy (non-hydrogen) atoms. The second-order valence-electron chi connectivity index (χ2n) is 4.40. The first-order valence-corrected chi connectivity index (χ1v) is 6.33. The van der Waals surface area contributed by atoms with Crippen molar-refractivity contribution in [3.8, 4) is 5.75 Å². The van der Waals surface area contributed by atoms with Crippen LogP contribution < -0.4 is 10.1 Å². The summed E-state index contributed by atoms with van der Waals surface area (Å²) in [5, 5.41) is 3.40. The Hall–Kier alpha value is -1.06. The fourth-order valence-corrected chi connectivity index (χ4v) is 2.32. The molecule has 0 bridgehead atoms. The normalized spacial score (nSPS) is 17.0. The molecule has 3 heteroatoms. The molecule has 1 saturated heterocycles. The van der Waals surface area contributed by atoms with Crippen molar-refractivity contribution in [2.75, 3.05) is 33.4 Å². The molecule has 1 aromatic carbocycles. The van der Waals surface area contributed by atoms with Crippen molar-refractivity contribution in [3.63, 3.8) is 0 Å². The largest absolute Gasteiger partial charge is 0.491 e. The van der Waals surface area contributed by atoms with Crippen LogP contribution in [0.5, 0.6) is 5.75 Å². The number of benzene rings is 1. The van der Waals surface area contributed by atoms with Crippen LogP contribution in [0.25, 0.3) is 0 Å². The van der Waals surface area contributed by atoms with Gasteiger partial charge in [-0.3, -0.25) is 0 Å². The van der Waals surface area contributed by atoms with Crippen molar-refractivity contribution in [2.45, 2.75) is 18.8 Å². The van der Waals surface area contributed by atoms with Crippen molar-refractivity contribution in [1.82, 2.24) is 5.32 Å². The summed E-state index contributed by atoms with van der Waals surface area (Å²) in [4.78, 5) is 0. The lowest BCUT2D eigenvalue weighted by atomic mass is 9.89. The fraction of sp³-hybridized carbons (Fsp3) is 0.571. The highest BCUT2D eigenvalue weighted by atomic mass is 16.5. The maximum atomic E-state index is 5.79. The van der Waals surface area contributed by atoms with E-state index in [1.807, 2.05) is 6.07 Å². The molecule has 1 aliphatic rings. The Morgan fingerprint density at radius 1 is 1.18 bits per heavy atom. The topological polar surface area (TPSA) is 30.5 Å². The number of piperidine rings is 1. The molecule has 94 valence electrons. The van der Waals surface area contributed by atoms with Crippen molar-refractivity contribution >= 4 is 0 Å². The summed E-state index contributed by atoms with van der Waals surface area (Å²) in [6, 6.07) is 8.39. The molecule has 0 saturated carbocycles. The van der Waals surface area contributed by atoms with Crippen molar-refractivity contribution in [1.29, 1.82) is 0 Å². The first kappa shape index (κ1) is 12.4. The molecule has 0 unspecified atom stereocenters. The Morgan fingerprint density at radius 2 is 1.94 bits per heavy atom. The summed E-state index contributed by atoms with van der Waals surface area (Å²) < 4.78 is 10.8. The van der Waals surface area contributed by atoms with Crippen molar-refractivity contribution in [2.24, 2.45) is 0 Å². The Bertz CT molecular complexity index is 335. The number of ether oxygens (including phenoxy) is 2. The molecule has 0 aliphatic carbocycles. The average molecular weight is 235 g/mol. The lowest BCUT2D eigenvalue weighted by molar-refractivity contribution is 0.145. The van der Waals surface area contributed by atoms with Crippen LogP contribution in [0.3, 0.4) is 0 Å². The van der Waals surface area contributed by atoms with E-state index < -0.39 is 0 Å². The van der Waals surface area contributed by atoms with Gasteiger partial charge in [-0.25, -0.2) is 0 Å².